The summed E-state index contributed by atoms with van der Waals surface area (Å²) in [5.41, 5.74) is 8.52. The summed E-state index contributed by atoms with van der Waals surface area (Å²) in [4.78, 5) is 24.7. The number of nitrogens with two attached hydrogens (primary N) is 1. The Labute approximate surface area is 133 Å². The van der Waals surface area contributed by atoms with Crippen LogP contribution in [0.4, 0.5) is 5.00 Å². The minimum atomic E-state index is -0.479. The lowest BCUT2D eigenvalue weighted by atomic mass is 10.0. The number of thiophene rings is 1. The monoisotopic (exact) mass is 318 g/mol. The van der Waals surface area contributed by atoms with E-state index in [0.29, 0.717) is 10.6 Å². The molecule has 6 heteroatoms. The van der Waals surface area contributed by atoms with Gasteiger partial charge in [0.1, 0.15) is 10.6 Å². The SMILES string of the molecule is COC(=O)c1c(NC(=O)CN)sc(C)c1-c1ccc(C)cc1. The fourth-order valence-corrected chi connectivity index (χ4v) is 3.26. The Balaban J connectivity index is 2.59. The van der Waals surface area contributed by atoms with Crippen molar-refractivity contribution in [1.29, 1.82) is 0 Å². The van der Waals surface area contributed by atoms with Crippen LogP contribution in [-0.4, -0.2) is 25.5 Å². The minimum absolute atomic E-state index is 0.141. The van der Waals surface area contributed by atoms with Crippen molar-refractivity contribution in [3.8, 4) is 11.1 Å². The van der Waals surface area contributed by atoms with E-state index in [0.717, 1.165) is 21.6 Å². The van der Waals surface area contributed by atoms with Gasteiger partial charge in [-0.3, -0.25) is 4.79 Å². The number of hydrogen-bond acceptors (Lipinski definition) is 5. The third-order valence-electron chi connectivity index (χ3n) is 3.25. The number of methoxy groups -OCH3 is 1. The molecule has 22 heavy (non-hydrogen) atoms. The van der Waals surface area contributed by atoms with Crippen molar-refractivity contribution in [2.75, 3.05) is 19.0 Å². The molecule has 0 bridgehead atoms. The summed E-state index contributed by atoms with van der Waals surface area (Å²) in [5.74, 6) is -0.825. The van der Waals surface area contributed by atoms with Crippen molar-refractivity contribution >= 4 is 28.2 Å². The van der Waals surface area contributed by atoms with Gasteiger partial charge in [-0.25, -0.2) is 4.79 Å². The number of benzene rings is 1. The van der Waals surface area contributed by atoms with Crippen molar-refractivity contribution in [2.45, 2.75) is 13.8 Å². The molecule has 1 amide bonds. The van der Waals surface area contributed by atoms with E-state index < -0.39 is 5.97 Å². The summed E-state index contributed by atoms with van der Waals surface area (Å²) >= 11 is 1.34. The van der Waals surface area contributed by atoms with Gasteiger partial charge in [-0.05, 0) is 19.4 Å². The maximum atomic E-state index is 12.2. The van der Waals surface area contributed by atoms with Gasteiger partial charge in [0, 0.05) is 10.4 Å². The van der Waals surface area contributed by atoms with Crippen LogP contribution < -0.4 is 11.1 Å². The predicted octanol–water partition coefficient (Wildman–Crippen LogP) is 2.72. The van der Waals surface area contributed by atoms with E-state index in [-0.39, 0.29) is 12.5 Å². The van der Waals surface area contributed by atoms with Crippen molar-refractivity contribution in [3.63, 3.8) is 0 Å². The van der Waals surface area contributed by atoms with Crippen LogP contribution in [0.15, 0.2) is 24.3 Å². The second-order valence-electron chi connectivity index (χ2n) is 4.85. The molecule has 3 N–H and O–H groups in total. The quantitative estimate of drug-likeness (QED) is 0.849. The molecular weight excluding hydrogens is 300 g/mol. The van der Waals surface area contributed by atoms with Gasteiger partial charge in [-0.15, -0.1) is 11.3 Å². The zero-order valence-corrected chi connectivity index (χ0v) is 13.5. The molecule has 0 aliphatic rings. The number of aryl methyl sites for hydroxylation is 2. The van der Waals surface area contributed by atoms with Crippen LogP contribution in [0.25, 0.3) is 11.1 Å². The van der Waals surface area contributed by atoms with Crippen molar-refractivity contribution in [3.05, 3.63) is 40.3 Å². The lowest BCUT2D eigenvalue weighted by Crippen LogP contribution is -2.22. The first-order valence-corrected chi connectivity index (χ1v) is 7.58. The third-order valence-corrected chi connectivity index (χ3v) is 4.27. The van der Waals surface area contributed by atoms with Gasteiger partial charge in [0.15, 0.2) is 0 Å². The molecule has 0 aliphatic heterocycles. The molecule has 2 aromatic rings. The minimum Gasteiger partial charge on any atom is -0.465 e. The van der Waals surface area contributed by atoms with Gasteiger partial charge >= 0.3 is 5.97 Å². The van der Waals surface area contributed by atoms with Crippen LogP contribution in [0.3, 0.4) is 0 Å². The Morgan fingerprint density at radius 3 is 2.41 bits per heavy atom. The van der Waals surface area contributed by atoms with Gasteiger partial charge in [-0.1, -0.05) is 29.8 Å². The average molecular weight is 318 g/mol. The number of esters is 1. The van der Waals surface area contributed by atoms with Crippen molar-refractivity contribution in [1.82, 2.24) is 0 Å². The fourth-order valence-electron chi connectivity index (χ4n) is 2.18. The molecule has 116 valence electrons. The second kappa shape index (κ2) is 6.72. The Kier molecular flexibility index (Phi) is 4.95. The molecule has 1 heterocycles. The highest BCUT2D eigenvalue weighted by atomic mass is 32.1. The highest BCUT2D eigenvalue weighted by molar-refractivity contribution is 7.17. The molecule has 1 aromatic carbocycles. The molecule has 0 atom stereocenters. The van der Waals surface area contributed by atoms with Gasteiger partial charge in [0.25, 0.3) is 0 Å². The summed E-state index contributed by atoms with van der Waals surface area (Å²) in [6, 6.07) is 7.86. The first-order valence-electron chi connectivity index (χ1n) is 6.76. The number of hydrogen-bond donors (Lipinski definition) is 2. The first-order chi connectivity index (χ1) is 10.5. The predicted molar refractivity (Wildman–Crippen MR) is 88.3 cm³/mol. The zero-order valence-electron chi connectivity index (χ0n) is 12.7. The number of nitrogens with one attached hydrogen (secondary N) is 1. The van der Waals surface area contributed by atoms with Crippen LogP contribution in [0.5, 0.6) is 0 Å². The van der Waals surface area contributed by atoms with E-state index >= 15 is 0 Å². The van der Waals surface area contributed by atoms with Crippen LogP contribution in [0.1, 0.15) is 20.8 Å². The number of ether oxygens (including phenoxy) is 1. The van der Waals surface area contributed by atoms with Gasteiger partial charge < -0.3 is 15.8 Å². The number of anilines is 1. The van der Waals surface area contributed by atoms with E-state index in [1.807, 2.05) is 38.1 Å². The topological polar surface area (TPSA) is 81.4 Å². The summed E-state index contributed by atoms with van der Waals surface area (Å²) < 4.78 is 4.88. The molecule has 0 aliphatic carbocycles. The van der Waals surface area contributed by atoms with Crippen LogP contribution in [-0.2, 0) is 9.53 Å². The summed E-state index contributed by atoms with van der Waals surface area (Å²) in [5, 5.41) is 3.14. The number of carbonyl (C=O) groups excluding carboxylic acids is 2. The Bertz CT molecular complexity index is 705. The van der Waals surface area contributed by atoms with Gasteiger partial charge in [-0.2, -0.15) is 0 Å². The van der Waals surface area contributed by atoms with E-state index in [4.69, 9.17) is 10.5 Å². The standard InChI is InChI=1S/C16H18N2O3S/c1-9-4-6-11(7-5-9)13-10(2)22-15(18-12(19)8-17)14(13)16(20)21-3/h4-7H,8,17H2,1-3H3,(H,18,19). The molecule has 0 saturated heterocycles. The molecule has 5 nitrogen and oxygen atoms in total. The second-order valence-corrected chi connectivity index (χ2v) is 6.07. The van der Waals surface area contributed by atoms with Gasteiger partial charge in [0.2, 0.25) is 5.91 Å². The Morgan fingerprint density at radius 1 is 1.23 bits per heavy atom. The third kappa shape index (κ3) is 3.18. The van der Waals surface area contributed by atoms with Crippen LogP contribution in [0, 0.1) is 13.8 Å². The molecule has 0 saturated carbocycles. The molecule has 0 radical (unpaired) electrons. The molecule has 0 unspecified atom stereocenters. The highest BCUT2D eigenvalue weighted by Crippen LogP contribution is 2.40. The summed E-state index contributed by atoms with van der Waals surface area (Å²) in [6.07, 6.45) is 0. The van der Waals surface area contributed by atoms with Crippen LogP contribution >= 0.6 is 11.3 Å². The Morgan fingerprint density at radius 2 is 1.86 bits per heavy atom. The maximum Gasteiger partial charge on any atom is 0.341 e. The average Bonchev–Trinajstić information content (AvgIpc) is 2.83. The highest BCUT2D eigenvalue weighted by Gasteiger charge is 2.24. The van der Waals surface area contributed by atoms with Crippen molar-refractivity contribution < 1.29 is 14.3 Å². The number of carbonyl (C=O) groups is 2. The maximum absolute atomic E-state index is 12.2. The zero-order chi connectivity index (χ0) is 16.3. The van der Waals surface area contributed by atoms with E-state index in [2.05, 4.69) is 5.32 Å². The number of amides is 1. The van der Waals surface area contributed by atoms with Crippen LogP contribution in [0.2, 0.25) is 0 Å². The first kappa shape index (κ1) is 16.2. The summed E-state index contributed by atoms with van der Waals surface area (Å²) in [7, 11) is 1.32. The van der Waals surface area contributed by atoms with Gasteiger partial charge in [0.05, 0.1) is 13.7 Å². The van der Waals surface area contributed by atoms with Crippen molar-refractivity contribution in [2.24, 2.45) is 5.73 Å². The largest absolute Gasteiger partial charge is 0.465 e. The van der Waals surface area contributed by atoms with E-state index in [1.165, 1.54) is 18.4 Å². The van der Waals surface area contributed by atoms with E-state index in [9.17, 15) is 9.59 Å². The molecule has 0 fully saturated rings. The normalized spacial score (nSPS) is 10.4. The lowest BCUT2D eigenvalue weighted by molar-refractivity contribution is -0.114. The molecular formula is C16H18N2O3S. The molecule has 0 spiro atoms. The molecule has 1 aromatic heterocycles. The Hall–Kier alpha value is -2.18. The lowest BCUT2D eigenvalue weighted by Gasteiger charge is -2.08. The van der Waals surface area contributed by atoms with E-state index in [1.54, 1.807) is 0 Å². The molecule has 2 rings (SSSR count). The fraction of sp³-hybridized carbons (Fsp3) is 0.250. The summed E-state index contributed by atoms with van der Waals surface area (Å²) in [6.45, 7) is 3.76. The number of rotatable bonds is 4. The smallest absolute Gasteiger partial charge is 0.341 e.